The van der Waals surface area contributed by atoms with Crippen LogP contribution in [0.15, 0.2) is 11.6 Å². The Morgan fingerprint density at radius 3 is 1.26 bits per heavy atom. The number of hydrogen-bond acceptors (Lipinski definition) is 0. The van der Waals surface area contributed by atoms with Gasteiger partial charge in [0, 0.05) is 0 Å². The first kappa shape index (κ1) is 24.9. The molecule has 158 valence electrons. The van der Waals surface area contributed by atoms with Gasteiger partial charge in [0.05, 0.1) is 0 Å². The predicted molar refractivity (Wildman–Crippen MR) is 143 cm³/mol. The van der Waals surface area contributed by atoms with Gasteiger partial charge in [-0.25, -0.2) is 0 Å². The summed E-state index contributed by atoms with van der Waals surface area (Å²) in [6, 6.07) is 1.60. The maximum absolute atomic E-state index is 2.82. The van der Waals surface area contributed by atoms with E-state index >= 15 is 0 Å². The SMILES string of the molecule is CC1=CC[Si]2([Te]C1)C([Si](C)(C)C)([Si](C)(C)C)CCC2([Si](C)(C)C)[Si](C)(C)C. The summed E-state index contributed by atoms with van der Waals surface area (Å²) in [4.78, 5) is 0. The summed E-state index contributed by atoms with van der Waals surface area (Å²) >= 11 is 0.117. The Balaban J connectivity index is 3.00. The average Bonchev–Trinajstić information content (AvgIpc) is 2.73. The van der Waals surface area contributed by atoms with Crippen LogP contribution in [0.3, 0.4) is 0 Å². The monoisotopic (exact) mass is 570 g/mol. The fourth-order valence-electron chi connectivity index (χ4n) is 8.58. The average molecular weight is 569 g/mol. The van der Waals surface area contributed by atoms with Gasteiger partial charge in [0.15, 0.2) is 0 Å². The van der Waals surface area contributed by atoms with Crippen molar-refractivity contribution in [2.45, 2.75) is 117 Å². The Hall–Kier alpha value is 1.61. The fraction of sp³-hybridized carbons (Fsp3) is 0.905. The van der Waals surface area contributed by atoms with E-state index in [0.29, 0.717) is 0 Å². The summed E-state index contributed by atoms with van der Waals surface area (Å²) in [6.45, 7) is 36.2. The third-order valence-electron chi connectivity index (χ3n) is 8.66. The first-order valence-electron chi connectivity index (χ1n) is 11.1. The van der Waals surface area contributed by atoms with Crippen LogP contribution in [0.2, 0.25) is 97.6 Å². The molecule has 2 aliphatic heterocycles. The van der Waals surface area contributed by atoms with Gasteiger partial charge in [-0.1, -0.05) is 0 Å². The van der Waals surface area contributed by atoms with Gasteiger partial charge in [-0.3, -0.25) is 0 Å². The van der Waals surface area contributed by atoms with Crippen LogP contribution in [0.5, 0.6) is 0 Å². The third kappa shape index (κ3) is 3.25. The second-order valence-electron chi connectivity index (χ2n) is 13.7. The van der Waals surface area contributed by atoms with Gasteiger partial charge in [0.25, 0.3) is 0 Å². The second kappa shape index (κ2) is 7.07. The van der Waals surface area contributed by atoms with Crippen LogP contribution in [0.4, 0.5) is 0 Å². The molecule has 0 aromatic rings. The molecular formula is C21H48Si5Te. The molecule has 6 heteroatoms. The van der Waals surface area contributed by atoms with E-state index in [1.165, 1.54) is 0 Å². The van der Waals surface area contributed by atoms with Crippen LogP contribution in [0, 0.1) is 0 Å². The summed E-state index contributed by atoms with van der Waals surface area (Å²) in [5.74, 6) is 0. The molecule has 0 N–H and O–H groups in total. The van der Waals surface area contributed by atoms with Crippen LogP contribution in [-0.2, 0) is 0 Å². The molecular weight excluding hydrogens is 520 g/mol. The molecule has 2 heterocycles. The Bertz CT molecular complexity index is 542. The normalized spacial score (nSPS) is 25.6. The minimum atomic E-state index is -1.36. The summed E-state index contributed by atoms with van der Waals surface area (Å²) in [7, 11) is -5.07. The van der Waals surface area contributed by atoms with E-state index in [0.717, 1.165) is 8.57 Å². The predicted octanol–water partition coefficient (Wildman–Crippen LogP) is 7.80. The molecule has 27 heavy (non-hydrogen) atoms. The summed E-state index contributed by atoms with van der Waals surface area (Å²) < 4.78 is 3.30. The van der Waals surface area contributed by atoms with Crippen molar-refractivity contribution in [2.24, 2.45) is 0 Å². The number of rotatable bonds is 4. The van der Waals surface area contributed by atoms with Gasteiger partial charge in [0.1, 0.15) is 0 Å². The van der Waals surface area contributed by atoms with Gasteiger partial charge < -0.3 is 0 Å². The molecule has 0 unspecified atom stereocenters. The van der Waals surface area contributed by atoms with E-state index < -0.39 is 37.9 Å². The molecule has 0 aliphatic carbocycles. The van der Waals surface area contributed by atoms with Crippen LogP contribution >= 0.6 is 0 Å². The molecule has 0 nitrogen and oxygen atoms in total. The third-order valence-corrected chi connectivity index (χ3v) is 68.6. The maximum atomic E-state index is 2.82. The Morgan fingerprint density at radius 1 is 0.704 bits per heavy atom. The van der Waals surface area contributed by atoms with Gasteiger partial charge >= 0.3 is 187 Å². The van der Waals surface area contributed by atoms with Crippen LogP contribution in [0.1, 0.15) is 19.8 Å². The van der Waals surface area contributed by atoms with E-state index in [-0.39, 0.29) is 20.1 Å². The zero-order valence-corrected chi connectivity index (χ0v) is 28.1. The van der Waals surface area contributed by atoms with E-state index in [4.69, 9.17) is 0 Å². The molecule has 0 saturated carbocycles. The van der Waals surface area contributed by atoms with Crippen LogP contribution in [-0.4, -0.2) is 58.1 Å². The zero-order chi connectivity index (χ0) is 21.3. The van der Waals surface area contributed by atoms with Crippen molar-refractivity contribution in [2.75, 3.05) is 0 Å². The van der Waals surface area contributed by atoms with Crippen LogP contribution < -0.4 is 0 Å². The topological polar surface area (TPSA) is 0 Å². The molecule has 0 amide bonds. The van der Waals surface area contributed by atoms with Gasteiger partial charge in [0.2, 0.25) is 0 Å². The van der Waals surface area contributed by atoms with E-state index in [1.54, 1.807) is 28.9 Å². The van der Waals surface area contributed by atoms with E-state index in [2.05, 4.69) is 91.6 Å². The molecule has 0 bridgehead atoms. The van der Waals surface area contributed by atoms with Crippen molar-refractivity contribution in [3.05, 3.63) is 11.6 Å². The summed E-state index contributed by atoms with van der Waals surface area (Å²) in [5, 5.41) is 0. The minimum absolute atomic E-state index is 0.117. The quantitative estimate of drug-likeness (QED) is 0.240. The first-order valence-corrected chi connectivity index (χ1v) is 32.4. The molecule has 2 rings (SSSR count). The molecule has 0 radical (unpaired) electrons. The van der Waals surface area contributed by atoms with Crippen molar-refractivity contribution in [3.63, 3.8) is 0 Å². The van der Waals surface area contributed by atoms with Crippen LogP contribution in [0.25, 0.3) is 0 Å². The number of hydrogen-bond donors (Lipinski definition) is 0. The van der Waals surface area contributed by atoms with Crippen molar-refractivity contribution < 1.29 is 0 Å². The van der Waals surface area contributed by atoms with E-state index in [9.17, 15) is 0 Å². The van der Waals surface area contributed by atoms with Gasteiger partial charge in [-0.2, -0.15) is 0 Å². The Morgan fingerprint density at radius 2 is 1.04 bits per heavy atom. The molecule has 1 fully saturated rings. The summed E-state index contributed by atoms with van der Waals surface area (Å²) in [6.07, 6.45) is 6.11. The molecule has 0 aromatic heterocycles. The Labute approximate surface area is 186 Å². The van der Waals surface area contributed by atoms with Crippen molar-refractivity contribution in [1.82, 2.24) is 0 Å². The van der Waals surface area contributed by atoms with Gasteiger partial charge in [-0.15, -0.1) is 0 Å². The summed E-state index contributed by atoms with van der Waals surface area (Å²) in [5.41, 5.74) is 0.404. The second-order valence-corrected chi connectivity index (χ2v) is 51.4. The van der Waals surface area contributed by atoms with Crippen molar-refractivity contribution in [1.29, 1.82) is 0 Å². The fourth-order valence-corrected chi connectivity index (χ4v) is 108. The number of allylic oxidation sites excluding steroid dienone is 2. The molecule has 0 aromatic carbocycles. The molecule has 1 saturated heterocycles. The van der Waals surface area contributed by atoms with Gasteiger partial charge in [-0.05, 0) is 0 Å². The molecule has 1 spiro atoms. The van der Waals surface area contributed by atoms with Crippen molar-refractivity contribution >= 4 is 58.1 Å². The van der Waals surface area contributed by atoms with Crippen molar-refractivity contribution in [3.8, 4) is 0 Å². The first-order chi connectivity index (χ1) is 11.8. The zero-order valence-electron chi connectivity index (χ0n) is 20.8. The standard InChI is InChI=1S/C21H48Si5Te/c1-19-14-17-26(27-18-19)20(22(2,3)4,23(5,6)7)15-16-21(26,24(8,9)10)25(11,12)13/h14H,15-18H2,1-13H3. The molecule has 0 atom stereocenters. The Kier molecular flexibility index (Phi) is 6.51. The molecule has 2 aliphatic rings. The van der Waals surface area contributed by atoms with E-state index in [1.807, 2.05) is 0 Å².